The molecule has 0 heterocycles. The Kier molecular flexibility index (Phi) is 5.37. The second-order valence-corrected chi connectivity index (χ2v) is 3.66. The maximum atomic E-state index is 5.50. The van der Waals surface area contributed by atoms with Crippen LogP contribution in [0.1, 0.15) is 32.1 Å². The van der Waals surface area contributed by atoms with Crippen molar-refractivity contribution in [3.05, 3.63) is 0 Å². The van der Waals surface area contributed by atoms with Gasteiger partial charge in [-0.3, -0.25) is 0 Å². The Hall–Kier alpha value is -0.0800. The van der Waals surface area contributed by atoms with E-state index in [9.17, 15) is 0 Å². The van der Waals surface area contributed by atoms with Gasteiger partial charge in [-0.05, 0) is 32.4 Å². The summed E-state index contributed by atoms with van der Waals surface area (Å²) in [6.07, 6.45) is 6.77. The molecule has 0 aliphatic heterocycles. The third-order valence-corrected chi connectivity index (χ3v) is 2.61. The highest BCUT2D eigenvalue weighted by atomic mass is 16.5. The van der Waals surface area contributed by atoms with Crippen molar-refractivity contribution in [1.82, 2.24) is 5.32 Å². The van der Waals surface area contributed by atoms with Gasteiger partial charge < -0.3 is 10.1 Å². The van der Waals surface area contributed by atoms with Gasteiger partial charge in [0, 0.05) is 13.2 Å². The Bertz CT molecular complexity index is 102. The van der Waals surface area contributed by atoms with E-state index >= 15 is 0 Å². The minimum atomic E-state index is 0.924. The highest BCUT2D eigenvalue weighted by Crippen LogP contribution is 2.28. The van der Waals surface area contributed by atoms with Crippen LogP contribution >= 0.6 is 0 Å². The maximum Gasteiger partial charge on any atom is 0.0478 e. The zero-order valence-electron chi connectivity index (χ0n) is 8.14. The van der Waals surface area contributed by atoms with Crippen molar-refractivity contribution in [2.75, 3.05) is 26.8 Å². The molecule has 1 rings (SSSR count). The van der Waals surface area contributed by atoms with E-state index in [1.54, 1.807) is 0 Å². The molecule has 1 fully saturated rings. The van der Waals surface area contributed by atoms with Crippen LogP contribution in [0.2, 0.25) is 0 Å². The first-order chi connectivity index (χ1) is 5.93. The van der Waals surface area contributed by atoms with E-state index in [0.717, 1.165) is 32.1 Å². The molecule has 1 aliphatic rings. The third kappa shape index (κ3) is 4.07. The first kappa shape index (κ1) is 10.0. The topological polar surface area (TPSA) is 21.3 Å². The molecule has 72 valence electrons. The maximum absolute atomic E-state index is 5.50. The Balaban J connectivity index is 1.70. The SMILES string of the molecule is CNCCCOCCC1CCC1. The van der Waals surface area contributed by atoms with Crippen molar-refractivity contribution in [3.8, 4) is 0 Å². The number of nitrogens with one attached hydrogen (secondary N) is 1. The van der Waals surface area contributed by atoms with E-state index in [1.165, 1.54) is 25.7 Å². The van der Waals surface area contributed by atoms with E-state index in [1.807, 2.05) is 7.05 Å². The highest BCUT2D eigenvalue weighted by Gasteiger charge is 2.16. The minimum Gasteiger partial charge on any atom is -0.381 e. The predicted octanol–water partition coefficient (Wildman–Crippen LogP) is 1.80. The van der Waals surface area contributed by atoms with Crippen molar-refractivity contribution < 1.29 is 4.74 Å². The van der Waals surface area contributed by atoms with E-state index < -0.39 is 0 Å². The fourth-order valence-electron chi connectivity index (χ4n) is 1.48. The van der Waals surface area contributed by atoms with Crippen molar-refractivity contribution in [1.29, 1.82) is 0 Å². The number of hydrogen-bond acceptors (Lipinski definition) is 2. The summed E-state index contributed by atoms with van der Waals surface area (Å²) in [5.74, 6) is 0.995. The summed E-state index contributed by atoms with van der Waals surface area (Å²) in [5, 5.41) is 3.11. The number of rotatable bonds is 7. The van der Waals surface area contributed by atoms with Crippen molar-refractivity contribution in [2.24, 2.45) is 5.92 Å². The third-order valence-electron chi connectivity index (χ3n) is 2.61. The van der Waals surface area contributed by atoms with Gasteiger partial charge in [-0.25, -0.2) is 0 Å². The van der Waals surface area contributed by atoms with Gasteiger partial charge in [0.05, 0.1) is 0 Å². The molecule has 2 heteroatoms. The molecule has 0 aromatic heterocycles. The van der Waals surface area contributed by atoms with Crippen LogP contribution in [0.15, 0.2) is 0 Å². The lowest BCUT2D eigenvalue weighted by Crippen LogP contribution is -2.15. The molecule has 0 aromatic carbocycles. The zero-order chi connectivity index (χ0) is 8.65. The van der Waals surface area contributed by atoms with Gasteiger partial charge in [0.1, 0.15) is 0 Å². The fourth-order valence-corrected chi connectivity index (χ4v) is 1.48. The van der Waals surface area contributed by atoms with Crippen LogP contribution < -0.4 is 5.32 Å². The monoisotopic (exact) mass is 171 g/mol. The standard InChI is InChI=1S/C10H21NO/c1-11-7-3-8-12-9-6-10-4-2-5-10/h10-11H,2-9H2,1H3. The first-order valence-electron chi connectivity index (χ1n) is 5.16. The molecule has 0 saturated heterocycles. The molecular weight excluding hydrogens is 150 g/mol. The van der Waals surface area contributed by atoms with Crippen molar-refractivity contribution in [2.45, 2.75) is 32.1 Å². The van der Waals surface area contributed by atoms with Gasteiger partial charge >= 0.3 is 0 Å². The average Bonchev–Trinajstić information content (AvgIpc) is 2.00. The molecule has 0 radical (unpaired) electrons. The molecular formula is C10H21NO. The normalized spacial score (nSPS) is 17.8. The van der Waals surface area contributed by atoms with Crippen LogP contribution in [0.4, 0.5) is 0 Å². The average molecular weight is 171 g/mol. The molecule has 0 amide bonds. The van der Waals surface area contributed by atoms with Gasteiger partial charge in [-0.1, -0.05) is 19.3 Å². The smallest absolute Gasteiger partial charge is 0.0478 e. The van der Waals surface area contributed by atoms with Gasteiger partial charge in [0.2, 0.25) is 0 Å². The molecule has 1 saturated carbocycles. The van der Waals surface area contributed by atoms with Gasteiger partial charge in [-0.2, -0.15) is 0 Å². The van der Waals surface area contributed by atoms with E-state index in [4.69, 9.17) is 4.74 Å². The predicted molar refractivity (Wildman–Crippen MR) is 51.3 cm³/mol. The quantitative estimate of drug-likeness (QED) is 0.590. The van der Waals surface area contributed by atoms with E-state index in [-0.39, 0.29) is 0 Å². The summed E-state index contributed by atoms with van der Waals surface area (Å²) >= 11 is 0. The van der Waals surface area contributed by atoms with Gasteiger partial charge in [0.15, 0.2) is 0 Å². The fraction of sp³-hybridized carbons (Fsp3) is 1.00. The highest BCUT2D eigenvalue weighted by molar-refractivity contribution is 4.68. The molecule has 0 spiro atoms. The van der Waals surface area contributed by atoms with Crippen LogP contribution in [0.3, 0.4) is 0 Å². The summed E-state index contributed by atoms with van der Waals surface area (Å²) in [6, 6.07) is 0. The Morgan fingerprint density at radius 2 is 2.17 bits per heavy atom. The summed E-state index contributed by atoms with van der Waals surface area (Å²) in [4.78, 5) is 0. The molecule has 0 bridgehead atoms. The lowest BCUT2D eigenvalue weighted by Gasteiger charge is -2.24. The number of ether oxygens (including phenoxy) is 1. The molecule has 1 aliphatic carbocycles. The zero-order valence-corrected chi connectivity index (χ0v) is 8.14. The largest absolute Gasteiger partial charge is 0.381 e. The van der Waals surface area contributed by atoms with Crippen LogP contribution in [0, 0.1) is 5.92 Å². The second kappa shape index (κ2) is 6.44. The van der Waals surface area contributed by atoms with Crippen LogP contribution in [-0.4, -0.2) is 26.8 Å². The molecule has 12 heavy (non-hydrogen) atoms. The molecule has 0 unspecified atom stereocenters. The first-order valence-corrected chi connectivity index (χ1v) is 5.16. The van der Waals surface area contributed by atoms with Crippen molar-refractivity contribution in [3.63, 3.8) is 0 Å². The summed E-state index contributed by atoms with van der Waals surface area (Å²) < 4.78 is 5.50. The Morgan fingerprint density at radius 1 is 1.33 bits per heavy atom. The summed E-state index contributed by atoms with van der Waals surface area (Å²) in [7, 11) is 1.98. The Labute approximate surface area is 75.7 Å². The van der Waals surface area contributed by atoms with Gasteiger partial charge in [-0.15, -0.1) is 0 Å². The molecule has 0 aromatic rings. The second-order valence-electron chi connectivity index (χ2n) is 3.66. The van der Waals surface area contributed by atoms with Gasteiger partial charge in [0.25, 0.3) is 0 Å². The van der Waals surface area contributed by atoms with Crippen LogP contribution in [-0.2, 0) is 4.74 Å². The van der Waals surface area contributed by atoms with Crippen molar-refractivity contribution >= 4 is 0 Å². The number of hydrogen-bond donors (Lipinski definition) is 1. The van der Waals surface area contributed by atoms with E-state index in [0.29, 0.717) is 0 Å². The Morgan fingerprint density at radius 3 is 2.75 bits per heavy atom. The molecule has 2 nitrogen and oxygen atoms in total. The summed E-state index contributed by atoms with van der Waals surface area (Å²) in [5.41, 5.74) is 0. The summed E-state index contributed by atoms with van der Waals surface area (Å²) in [6.45, 7) is 2.98. The van der Waals surface area contributed by atoms with E-state index in [2.05, 4.69) is 5.32 Å². The van der Waals surface area contributed by atoms with Crippen LogP contribution in [0.25, 0.3) is 0 Å². The molecule has 0 atom stereocenters. The minimum absolute atomic E-state index is 0.924. The van der Waals surface area contributed by atoms with Crippen LogP contribution in [0.5, 0.6) is 0 Å². The lowest BCUT2D eigenvalue weighted by atomic mass is 9.83. The molecule has 1 N–H and O–H groups in total. The lowest BCUT2D eigenvalue weighted by molar-refractivity contribution is 0.105.